The van der Waals surface area contributed by atoms with Crippen LogP contribution in [-0.4, -0.2) is 64.3 Å². The van der Waals surface area contributed by atoms with E-state index in [-0.39, 0.29) is 18.0 Å². The summed E-state index contributed by atoms with van der Waals surface area (Å²) in [7, 11) is 1.59. The SMILES string of the molecule is COc1ccnc(NC(O)[C@H]2CCC(=O)N2C2CCN(Cc3ccc(Cl)c(C)c3)CC2)c1. The molecule has 0 spiro atoms. The molecule has 2 saturated heterocycles. The van der Waals surface area contributed by atoms with E-state index in [0.29, 0.717) is 24.4 Å². The van der Waals surface area contributed by atoms with Crippen LogP contribution in [0.5, 0.6) is 5.75 Å². The predicted molar refractivity (Wildman–Crippen MR) is 125 cm³/mol. The van der Waals surface area contributed by atoms with E-state index in [1.165, 1.54) is 5.56 Å². The van der Waals surface area contributed by atoms with Crippen molar-refractivity contribution in [2.75, 3.05) is 25.5 Å². The van der Waals surface area contributed by atoms with Gasteiger partial charge >= 0.3 is 0 Å². The fourth-order valence-corrected chi connectivity index (χ4v) is 4.91. The first kappa shape index (κ1) is 22.8. The third-order valence-corrected chi connectivity index (χ3v) is 6.93. The number of halogens is 1. The number of aromatic nitrogens is 1. The summed E-state index contributed by atoms with van der Waals surface area (Å²) in [5.74, 6) is 1.32. The molecule has 0 aliphatic carbocycles. The number of carbonyl (C=O) groups is 1. The predicted octanol–water partition coefficient (Wildman–Crippen LogP) is 3.44. The van der Waals surface area contributed by atoms with Gasteiger partial charge < -0.3 is 20.1 Å². The summed E-state index contributed by atoms with van der Waals surface area (Å²) in [5.41, 5.74) is 2.35. The van der Waals surface area contributed by atoms with E-state index in [2.05, 4.69) is 27.3 Å². The number of ether oxygens (including phenoxy) is 1. The Morgan fingerprint density at radius 3 is 2.75 bits per heavy atom. The number of aliphatic hydroxyl groups excluding tert-OH is 1. The van der Waals surface area contributed by atoms with Crippen LogP contribution in [0, 0.1) is 6.92 Å². The molecule has 1 aromatic heterocycles. The Balaban J connectivity index is 1.35. The fourth-order valence-electron chi connectivity index (χ4n) is 4.79. The van der Waals surface area contributed by atoms with Crippen LogP contribution in [0.2, 0.25) is 5.02 Å². The average Bonchev–Trinajstić information content (AvgIpc) is 3.18. The molecule has 8 heteroatoms. The van der Waals surface area contributed by atoms with Crippen LogP contribution in [-0.2, 0) is 11.3 Å². The van der Waals surface area contributed by atoms with Crippen LogP contribution >= 0.6 is 11.6 Å². The minimum absolute atomic E-state index is 0.126. The number of aryl methyl sites for hydroxylation is 1. The topological polar surface area (TPSA) is 77.9 Å². The summed E-state index contributed by atoms with van der Waals surface area (Å²) >= 11 is 6.15. The molecule has 7 nitrogen and oxygen atoms in total. The number of anilines is 1. The summed E-state index contributed by atoms with van der Waals surface area (Å²) in [6, 6.07) is 9.56. The summed E-state index contributed by atoms with van der Waals surface area (Å²) in [6.07, 6.45) is 3.66. The van der Waals surface area contributed by atoms with Gasteiger partial charge in [-0.1, -0.05) is 23.7 Å². The lowest BCUT2D eigenvalue weighted by atomic mass is 10.0. The molecule has 0 saturated carbocycles. The molecule has 2 aliphatic heterocycles. The largest absolute Gasteiger partial charge is 0.497 e. The normalized spacial score (nSPS) is 21.1. The number of carbonyl (C=O) groups excluding carboxylic acids is 1. The van der Waals surface area contributed by atoms with Gasteiger partial charge in [0.25, 0.3) is 0 Å². The molecule has 0 radical (unpaired) electrons. The van der Waals surface area contributed by atoms with Crippen molar-refractivity contribution in [3.05, 3.63) is 52.7 Å². The van der Waals surface area contributed by atoms with Crippen LogP contribution in [0.3, 0.4) is 0 Å². The van der Waals surface area contributed by atoms with Crippen molar-refractivity contribution in [2.45, 2.75) is 57.5 Å². The summed E-state index contributed by atoms with van der Waals surface area (Å²) in [4.78, 5) is 21.3. The third kappa shape index (κ3) is 5.17. The smallest absolute Gasteiger partial charge is 0.223 e. The van der Waals surface area contributed by atoms with Crippen LogP contribution in [0.4, 0.5) is 5.82 Å². The monoisotopic (exact) mass is 458 g/mol. The first-order chi connectivity index (χ1) is 15.4. The number of amides is 1. The van der Waals surface area contributed by atoms with E-state index in [4.69, 9.17) is 16.3 Å². The van der Waals surface area contributed by atoms with E-state index >= 15 is 0 Å². The van der Waals surface area contributed by atoms with Gasteiger partial charge in [0.15, 0.2) is 0 Å². The average molecular weight is 459 g/mol. The van der Waals surface area contributed by atoms with Crippen molar-refractivity contribution in [1.82, 2.24) is 14.8 Å². The van der Waals surface area contributed by atoms with Crippen molar-refractivity contribution >= 4 is 23.3 Å². The molecule has 1 aromatic carbocycles. The molecular formula is C24H31ClN4O3. The second-order valence-corrected chi connectivity index (χ2v) is 9.08. The molecule has 2 aliphatic rings. The van der Waals surface area contributed by atoms with Crippen LogP contribution in [0.15, 0.2) is 36.5 Å². The minimum Gasteiger partial charge on any atom is -0.497 e. The minimum atomic E-state index is -0.879. The molecule has 1 amide bonds. The third-order valence-electron chi connectivity index (χ3n) is 6.51. The highest BCUT2D eigenvalue weighted by atomic mass is 35.5. The van der Waals surface area contributed by atoms with Gasteiger partial charge in [-0.25, -0.2) is 4.98 Å². The van der Waals surface area contributed by atoms with Crippen molar-refractivity contribution < 1.29 is 14.6 Å². The molecule has 2 aromatic rings. The van der Waals surface area contributed by atoms with E-state index < -0.39 is 6.23 Å². The van der Waals surface area contributed by atoms with Gasteiger partial charge in [-0.2, -0.15) is 0 Å². The molecule has 2 atom stereocenters. The Morgan fingerprint density at radius 1 is 1.25 bits per heavy atom. The van der Waals surface area contributed by atoms with Gasteiger partial charge in [0.2, 0.25) is 5.91 Å². The number of hydrogen-bond donors (Lipinski definition) is 2. The maximum Gasteiger partial charge on any atom is 0.223 e. The molecule has 172 valence electrons. The van der Waals surface area contributed by atoms with Crippen molar-refractivity contribution in [1.29, 1.82) is 0 Å². The number of nitrogens with zero attached hydrogens (tertiary/aromatic N) is 3. The number of benzene rings is 1. The number of hydrogen-bond acceptors (Lipinski definition) is 6. The Morgan fingerprint density at radius 2 is 2.03 bits per heavy atom. The molecule has 0 bridgehead atoms. The van der Waals surface area contributed by atoms with Crippen LogP contribution in [0.25, 0.3) is 0 Å². The van der Waals surface area contributed by atoms with Gasteiger partial charge in [-0.15, -0.1) is 0 Å². The lowest BCUT2D eigenvalue weighted by molar-refractivity contribution is -0.134. The molecule has 4 rings (SSSR count). The van der Waals surface area contributed by atoms with Crippen molar-refractivity contribution in [2.24, 2.45) is 0 Å². The Bertz CT molecular complexity index is 949. The molecule has 2 N–H and O–H groups in total. The maximum atomic E-state index is 12.7. The van der Waals surface area contributed by atoms with Crippen molar-refractivity contribution in [3.8, 4) is 5.75 Å². The highest BCUT2D eigenvalue weighted by Crippen LogP contribution is 2.30. The number of likely N-dealkylation sites (tertiary alicyclic amines) is 2. The molecular weight excluding hydrogens is 428 g/mol. The number of piperidine rings is 1. The quantitative estimate of drug-likeness (QED) is 0.619. The maximum absolute atomic E-state index is 12.7. The zero-order chi connectivity index (χ0) is 22.7. The standard InChI is InChI=1S/C24H31ClN4O3/c1-16-13-17(3-4-20(16)25)15-28-11-8-18(9-12-28)29-21(5-6-23(29)30)24(31)27-22-14-19(32-2)7-10-26-22/h3-4,7,10,13-14,18,21,24,31H,5-6,8-9,11-12,15H2,1-2H3,(H,26,27)/t21-,24?/m1/s1. The van der Waals surface area contributed by atoms with Gasteiger partial charge in [0, 0.05) is 49.4 Å². The van der Waals surface area contributed by atoms with Gasteiger partial charge in [-0.3, -0.25) is 9.69 Å². The van der Waals surface area contributed by atoms with Gasteiger partial charge in [-0.05, 0) is 49.4 Å². The van der Waals surface area contributed by atoms with E-state index in [1.807, 2.05) is 17.9 Å². The Kier molecular flexibility index (Phi) is 7.18. The summed E-state index contributed by atoms with van der Waals surface area (Å²) in [5, 5.41) is 14.7. The zero-order valence-electron chi connectivity index (χ0n) is 18.6. The van der Waals surface area contributed by atoms with Crippen LogP contribution < -0.4 is 10.1 Å². The number of methoxy groups -OCH3 is 1. The molecule has 1 unspecified atom stereocenters. The first-order valence-corrected chi connectivity index (χ1v) is 11.6. The number of pyridine rings is 1. The van der Waals surface area contributed by atoms with Crippen LogP contribution in [0.1, 0.15) is 36.8 Å². The van der Waals surface area contributed by atoms with Crippen molar-refractivity contribution in [3.63, 3.8) is 0 Å². The van der Waals surface area contributed by atoms with E-state index in [9.17, 15) is 9.90 Å². The Hall–Kier alpha value is -2.35. The highest BCUT2D eigenvalue weighted by molar-refractivity contribution is 6.31. The van der Waals surface area contributed by atoms with Gasteiger partial charge in [0.05, 0.1) is 13.2 Å². The second-order valence-electron chi connectivity index (χ2n) is 8.67. The zero-order valence-corrected chi connectivity index (χ0v) is 19.4. The Labute approximate surface area is 194 Å². The molecule has 2 fully saturated rings. The second kappa shape index (κ2) is 10.1. The highest BCUT2D eigenvalue weighted by Gasteiger charge is 2.41. The number of aliphatic hydroxyl groups is 1. The molecule has 3 heterocycles. The first-order valence-electron chi connectivity index (χ1n) is 11.2. The summed E-state index contributed by atoms with van der Waals surface area (Å²) < 4.78 is 5.22. The number of rotatable bonds is 7. The van der Waals surface area contributed by atoms with Gasteiger partial charge in [0.1, 0.15) is 17.8 Å². The molecule has 32 heavy (non-hydrogen) atoms. The summed E-state index contributed by atoms with van der Waals surface area (Å²) in [6.45, 7) is 4.75. The van der Waals surface area contributed by atoms with E-state index in [0.717, 1.165) is 43.1 Å². The lowest BCUT2D eigenvalue weighted by Crippen LogP contribution is -2.53. The fraction of sp³-hybridized carbons (Fsp3) is 0.500. The number of nitrogens with one attached hydrogen (secondary N) is 1. The lowest BCUT2D eigenvalue weighted by Gasteiger charge is -2.40. The van der Waals surface area contributed by atoms with E-state index in [1.54, 1.807) is 25.4 Å².